The van der Waals surface area contributed by atoms with Crippen LogP contribution in [0.25, 0.3) is 11.3 Å². The number of Topliss-reactive ketones (excluding diaryl/α,β-unsaturated/α-hetero) is 2. The average Bonchev–Trinajstić information content (AvgIpc) is 4.11. The summed E-state index contributed by atoms with van der Waals surface area (Å²) in [5.41, 5.74) is -2.97. The smallest absolute Gasteiger partial charge is 0.410 e. The Hall–Kier alpha value is -5.52. The van der Waals surface area contributed by atoms with Crippen LogP contribution in [0.1, 0.15) is 105 Å². The number of ketones is 2. The van der Waals surface area contributed by atoms with E-state index in [4.69, 9.17) is 28.8 Å². The van der Waals surface area contributed by atoms with Crippen LogP contribution in [0.4, 0.5) is 9.18 Å². The number of nitrogens with two attached hydrogens (primary N) is 1. The lowest BCUT2D eigenvalue weighted by atomic mass is 9.73. The highest BCUT2D eigenvalue weighted by atomic mass is 32.2. The monoisotopic (exact) mass is 1060 g/mol. The number of fused-ring (bicyclic) bond motifs is 1. The molecule has 4 aromatic rings. The summed E-state index contributed by atoms with van der Waals surface area (Å²) < 4.78 is 75.7. The topological polar surface area (TPSA) is 242 Å². The van der Waals surface area contributed by atoms with Gasteiger partial charge in [0, 0.05) is 93.7 Å². The number of ether oxygens (including phenoxy) is 5. The second-order valence-electron chi connectivity index (χ2n) is 21.3. The number of hydrogen-bond donors (Lipinski definition) is 1. The lowest BCUT2D eigenvalue weighted by Crippen LogP contribution is -2.60. The van der Waals surface area contributed by atoms with Gasteiger partial charge in [-0.15, -0.1) is 5.10 Å². The van der Waals surface area contributed by atoms with Crippen LogP contribution in [0.3, 0.4) is 0 Å². The predicted octanol–water partition coefficient (Wildman–Crippen LogP) is 5.95. The third kappa shape index (κ3) is 12.8. The quantitative estimate of drug-likeness (QED) is 0.0730. The van der Waals surface area contributed by atoms with Crippen molar-refractivity contribution in [1.29, 1.82) is 0 Å². The number of nitrogens with zero attached hydrogens (tertiary/aromatic N) is 8. The lowest BCUT2D eigenvalue weighted by Gasteiger charge is -2.46. The molecule has 3 fully saturated rings. The summed E-state index contributed by atoms with van der Waals surface area (Å²) in [5.74, 6) is -5.69. The van der Waals surface area contributed by atoms with E-state index in [0.717, 1.165) is 29.4 Å². The van der Waals surface area contributed by atoms with Crippen LogP contribution in [-0.2, 0) is 67.6 Å². The average molecular weight is 1060 g/mol. The first-order valence-electron chi connectivity index (χ1n) is 25.8. The number of halogens is 1. The van der Waals surface area contributed by atoms with Crippen molar-refractivity contribution in [2.75, 3.05) is 27.2 Å². The van der Waals surface area contributed by atoms with Crippen LogP contribution in [0.2, 0.25) is 0 Å². The van der Waals surface area contributed by atoms with Gasteiger partial charge in [0.15, 0.2) is 17.7 Å². The minimum atomic E-state index is -3.81. The van der Waals surface area contributed by atoms with Crippen molar-refractivity contribution in [1.82, 2.24) is 39.3 Å². The highest BCUT2D eigenvalue weighted by Crippen LogP contribution is 2.44. The molecule has 0 bridgehead atoms. The van der Waals surface area contributed by atoms with Gasteiger partial charge in [0.05, 0.1) is 53.0 Å². The number of carbonyl (C=O) groups is 4. The minimum Gasteiger partial charge on any atom is -0.455 e. The molecule has 0 radical (unpaired) electrons. The van der Waals surface area contributed by atoms with Gasteiger partial charge < -0.3 is 38.1 Å². The van der Waals surface area contributed by atoms with Gasteiger partial charge in [-0.1, -0.05) is 45.0 Å². The number of benzene rings is 1. The molecular weight excluding hydrogens is 990 g/mol. The highest BCUT2D eigenvalue weighted by molar-refractivity contribution is 7.89. The molecular formula is C53H74FN9O11S. The van der Waals surface area contributed by atoms with Gasteiger partial charge >= 0.3 is 12.1 Å². The second kappa shape index (κ2) is 23.4. The number of aryl methyl sites for hydroxylation is 1. The Morgan fingerprint density at radius 2 is 1.69 bits per heavy atom. The molecule has 3 saturated heterocycles. The van der Waals surface area contributed by atoms with Gasteiger partial charge in [-0.05, 0) is 96.7 Å². The number of methoxy groups -OCH3 is 1. The zero-order valence-electron chi connectivity index (χ0n) is 44.8. The number of alkyl halides is 1. The first kappa shape index (κ1) is 57.2. The van der Waals surface area contributed by atoms with Crippen LogP contribution in [0.5, 0.6) is 0 Å². The number of aromatic nitrogens is 6. The molecule has 12 atom stereocenters. The maximum atomic E-state index is 17.2. The molecule has 75 heavy (non-hydrogen) atoms. The Bertz CT molecular complexity index is 2740. The van der Waals surface area contributed by atoms with Crippen LogP contribution < -0.4 is 5.14 Å². The van der Waals surface area contributed by atoms with E-state index in [0.29, 0.717) is 51.7 Å². The molecule has 7 rings (SSSR count). The Balaban J connectivity index is 1.07. The van der Waals surface area contributed by atoms with E-state index in [-0.39, 0.29) is 42.2 Å². The van der Waals surface area contributed by atoms with Crippen molar-refractivity contribution in [3.05, 3.63) is 78.8 Å². The molecule has 0 saturated carbocycles. The van der Waals surface area contributed by atoms with Gasteiger partial charge in [-0.2, -0.15) is 0 Å². The second-order valence-corrected chi connectivity index (χ2v) is 22.9. The maximum Gasteiger partial charge on any atom is 0.410 e. The fourth-order valence-corrected chi connectivity index (χ4v) is 11.8. The minimum absolute atomic E-state index is 0.0222. The molecule has 1 aromatic carbocycles. The summed E-state index contributed by atoms with van der Waals surface area (Å²) in [6, 6.07) is 9.02. The number of imidazole rings is 1. The molecule has 2 N–H and O–H groups in total. The number of primary sulfonamides is 1. The predicted molar refractivity (Wildman–Crippen MR) is 273 cm³/mol. The number of amides is 1. The zero-order valence-corrected chi connectivity index (χ0v) is 45.6. The molecule has 20 nitrogen and oxygen atoms in total. The molecule has 3 aliphatic heterocycles. The number of esters is 1. The van der Waals surface area contributed by atoms with E-state index >= 15 is 4.39 Å². The summed E-state index contributed by atoms with van der Waals surface area (Å²) in [7, 11) is -0.382. The Morgan fingerprint density at radius 1 is 0.973 bits per heavy atom. The summed E-state index contributed by atoms with van der Waals surface area (Å²) in [5, 5.41) is 13.9. The van der Waals surface area contributed by atoms with Crippen molar-refractivity contribution >= 4 is 33.7 Å². The fourth-order valence-electron chi connectivity index (χ4n) is 11.3. The fraction of sp³-hybridized carbons (Fsp3) is 0.623. The third-order valence-corrected chi connectivity index (χ3v) is 16.5. The van der Waals surface area contributed by atoms with E-state index < -0.39 is 87.0 Å². The molecule has 410 valence electrons. The first-order chi connectivity index (χ1) is 35.4. The molecule has 2 unspecified atom stereocenters. The van der Waals surface area contributed by atoms with Gasteiger partial charge in [-0.3, -0.25) is 14.6 Å². The maximum absolute atomic E-state index is 17.2. The number of carbonyl (C=O) groups excluding carboxylic acids is 4. The van der Waals surface area contributed by atoms with Gasteiger partial charge in [0.25, 0.3) is 5.67 Å². The van der Waals surface area contributed by atoms with Crippen molar-refractivity contribution in [3.63, 3.8) is 0 Å². The molecule has 3 aliphatic rings. The molecule has 0 aliphatic carbocycles. The zero-order chi connectivity index (χ0) is 54.6. The lowest BCUT2D eigenvalue weighted by molar-refractivity contribution is -0.263. The number of unbranched alkanes of at least 4 members (excludes halogenated alkanes) is 1. The van der Waals surface area contributed by atoms with Crippen LogP contribution in [-0.4, -0.2) is 152 Å². The van der Waals surface area contributed by atoms with Gasteiger partial charge in [0.2, 0.25) is 10.0 Å². The number of likely N-dealkylation sites (N-methyl/N-ethyl adjacent to an activating group) is 1. The number of rotatable bonds is 17. The Labute approximate surface area is 439 Å². The molecule has 1 amide bonds. The third-order valence-electron chi connectivity index (χ3n) is 15.6. The van der Waals surface area contributed by atoms with Crippen molar-refractivity contribution in [2.45, 2.75) is 172 Å². The van der Waals surface area contributed by atoms with Crippen molar-refractivity contribution in [3.8, 4) is 11.3 Å². The Kier molecular flexibility index (Phi) is 17.8. The van der Waals surface area contributed by atoms with Crippen LogP contribution in [0, 0.1) is 17.8 Å². The summed E-state index contributed by atoms with van der Waals surface area (Å²) in [6.45, 7) is 14.6. The molecule has 6 heterocycles. The van der Waals surface area contributed by atoms with Crippen LogP contribution in [0.15, 0.2) is 72.4 Å². The highest BCUT2D eigenvalue weighted by Gasteiger charge is 2.61. The van der Waals surface area contributed by atoms with Gasteiger partial charge in [-0.25, -0.2) is 37.2 Å². The largest absolute Gasteiger partial charge is 0.455 e. The summed E-state index contributed by atoms with van der Waals surface area (Å²) in [4.78, 5) is 70.1. The van der Waals surface area contributed by atoms with Crippen molar-refractivity contribution in [2.24, 2.45) is 22.9 Å². The number of sulfonamides is 1. The Morgan fingerprint density at radius 3 is 2.36 bits per heavy atom. The first-order valence-corrected chi connectivity index (χ1v) is 27.4. The number of pyridine rings is 1. The number of cyclic esters (lactones) is 1. The molecule has 0 spiro atoms. The molecule has 3 aromatic heterocycles. The van der Waals surface area contributed by atoms with Crippen LogP contribution >= 0.6 is 0 Å². The van der Waals surface area contributed by atoms with E-state index in [1.165, 1.54) is 31.1 Å². The van der Waals surface area contributed by atoms with E-state index in [1.807, 2.05) is 43.1 Å². The summed E-state index contributed by atoms with van der Waals surface area (Å²) >= 11 is 0. The van der Waals surface area contributed by atoms with E-state index in [1.54, 1.807) is 70.2 Å². The summed E-state index contributed by atoms with van der Waals surface area (Å²) in [6.07, 6.45) is 7.43. The normalized spacial score (nSPS) is 31.3. The van der Waals surface area contributed by atoms with E-state index in [9.17, 15) is 27.6 Å². The van der Waals surface area contributed by atoms with Gasteiger partial charge in [0.1, 0.15) is 11.9 Å². The van der Waals surface area contributed by atoms with Crippen molar-refractivity contribution < 1.29 is 55.7 Å². The molecule has 22 heteroatoms. The van der Waals surface area contributed by atoms with E-state index in [2.05, 4.69) is 25.2 Å². The number of hydrogen-bond acceptors (Lipinski definition) is 16. The SMILES string of the molecule is CC[C@H]1OC(=O)[C@@](C)(F)C(=O)[C@H](C)[C@@H](O[C@H]2CC(N(C)CCc3cn(Cc4ccc(S(N)(=O)=O)cc4)nn3)C[C@@H](C)O2)[C@](C)(OC)C[C@@H](C)C(=O)[C@H](C)C2N(CCCCn3cnc(-c4cccnc4)c3)C(=O)O[C@@]21C. The standard InChI is InChI=1S/C53H74FN9O11S/c1-11-43-53(8)46(63(50(67)74-53)23-13-12-22-61-31-42(57-32-61)38-15-14-21-56-28-38)35(4)45(64)33(2)27-51(6,70-10)48(36(5)47(65)52(7,54)49(66)72-43)73-44-26-40(25-34(3)71-44)60(9)24-20-39-30-62(59-58-39)29-37-16-18-41(19-17-37)75(55,68)69/h14-19,21,28,30-36,40,43-44,46,48H,11-13,20,22-27,29H2,1-10H3,(H2,55,68,69)/t33-,34-,35+,36+,40?,43-,44+,46?,48-,51-,52+,53-/m1/s1.